The molecule has 1 heterocycles. The molecule has 248 valence electrons. The Morgan fingerprint density at radius 3 is 2.31 bits per heavy atom. The van der Waals surface area contributed by atoms with Crippen molar-refractivity contribution >= 4 is 16.8 Å². The number of nitrogens with one attached hydrogen (secondary N) is 2. The molecule has 0 radical (unpaired) electrons. The molecule has 7 nitrogen and oxygen atoms in total. The monoisotopic (exact) mass is 643 g/mol. The molecule has 2 amide bonds. The Balaban J connectivity index is 1.21. The van der Waals surface area contributed by atoms with E-state index in [1.807, 2.05) is 49.4 Å². The summed E-state index contributed by atoms with van der Waals surface area (Å²) in [5, 5.41) is 17.8. The maximum Gasteiger partial charge on any atom is 0.315 e. The van der Waals surface area contributed by atoms with E-state index >= 15 is 0 Å². The van der Waals surface area contributed by atoms with Crippen LogP contribution in [0.15, 0.2) is 115 Å². The van der Waals surface area contributed by atoms with Crippen LogP contribution in [0.1, 0.15) is 66.5 Å². The molecule has 0 aliphatic carbocycles. The van der Waals surface area contributed by atoms with E-state index in [-0.39, 0.29) is 30.9 Å². The Bertz CT molecular complexity index is 1810. The fourth-order valence-corrected chi connectivity index (χ4v) is 6.41. The van der Waals surface area contributed by atoms with Crippen LogP contribution < -0.4 is 10.6 Å². The van der Waals surface area contributed by atoms with Crippen molar-refractivity contribution in [2.75, 3.05) is 20.1 Å². The van der Waals surface area contributed by atoms with Gasteiger partial charge < -0.3 is 25.2 Å². The average Bonchev–Trinajstić information content (AvgIpc) is 3.13. The zero-order valence-electron chi connectivity index (χ0n) is 27.9. The summed E-state index contributed by atoms with van der Waals surface area (Å²) in [6, 6.07) is 39.6. The average molecular weight is 644 g/mol. The number of likely N-dealkylation sites (N-methyl/N-ethyl adjacent to an activating group) is 1. The van der Waals surface area contributed by atoms with Crippen LogP contribution in [0.5, 0.6) is 0 Å². The predicted molar refractivity (Wildman–Crippen MR) is 191 cm³/mol. The first-order valence-electron chi connectivity index (χ1n) is 16.8. The minimum absolute atomic E-state index is 0.00902. The van der Waals surface area contributed by atoms with E-state index in [0.29, 0.717) is 19.5 Å². The first-order valence-corrected chi connectivity index (χ1v) is 16.8. The Labute approximate surface area is 283 Å². The number of rotatable bonds is 11. The number of aliphatic hydroxyl groups excluding tert-OH is 1. The van der Waals surface area contributed by atoms with Crippen LogP contribution >= 0.6 is 0 Å². The maximum atomic E-state index is 12.0. The molecule has 1 aliphatic heterocycles. The van der Waals surface area contributed by atoms with Gasteiger partial charge in [-0.25, -0.2) is 4.79 Å². The summed E-state index contributed by atoms with van der Waals surface area (Å²) in [5.41, 5.74) is 7.32. The number of urea groups is 1. The van der Waals surface area contributed by atoms with Crippen LogP contribution in [0.4, 0.5) is 4.79 Å². The van der Waals surface area contributed by atoms with Crippen molar-refractivity contribution in [1.29, 1.82) is 0 Å². The lowest BCUT2D eigenvalue weighted by atomic mass is 9.97. The van der Waals surface area contributed by atoms with Crippen molar-refractivity contribution in [3.8, 4) is 11.1 Å². The first kappa shape index (κ1) is 33.4. The number of hydrogen-bond acceptors (Lipinski definition) is 5. The second-order valence-corrected chi connectivity index (χ2v) is 12.6. The highest BCUT2D eigenvalue weighted by Gasteiger charge is 2.33. The number of aliphatic hydroxyl groups is 1. The Morgan fingerprint density at radius 2 is 1.56 bits per heavy atom. The fraction of sp³-hybridized carbons (Fsp3) is 0.293. The van der Waals surface area contributed by atoms with E-state index in [4.69, 9.17) is 9.47 Å². The summed E-state index contributed by atoms with van der Waals surface area (Å²) in [6.45, 7) is 5.90. The largest absolute Gasteiger partial charge is 0.392 e. The van der Waals surface area contributed by atoms with Gasteiger partial charge in [-0.3, -0.25) is 4.90 Å². The van der Waals surface area contributed by atoms with Gasteiger partial charge in [-0.1, -0.05) is 109 Å². The van der Waals surface area contributed by atoms with Crippen LogP contribution in [-0.4, -0.2) is 42.3 Å². The molecule has 48 heavy (non-hydrogen) atoms. The molecule has 1 aliphatic rings. The molecule has 0 aromatic heterocycles. The molecule has 5 aromatic carbocycles. The van der Waals surface area contributed by atoms with E-state index in [1.54, 1.807) is 0 Å². The van der Waals surface area contributed by atoms with Gasteiger partial charge in [-0.15, -0.1) is 0 Å². The predicted octanol–water partition coefficient (Wildman–Crippen LogP) is 8.06. The van der Waals surface area contributed by atoms with Gasteiger partial charge >= 0.3 is 6.03 Å². The molecule has 4 atom stereocenters. The first-order chi connectivity index (χ1) is 23.4. The van der Waals surface area contributed by atoms with Crippen molar-refractivity contribution in [2.45, 2.75) is 58.0 Å². The number of amides is 2. The number of carbonyl (C=O) groups is 1. The van der Waals surface area contributed by atoms with Crippen molar-refractivity contribution < 1.29 is 19.4 Å². The summed E-state index contributed by atoms with van der Waals surface area (Å²) in [5.74, 6) is 0. The van der Waals surface area contributed by atoms with Crippen LogP contribution in [0.25, 0.3) is 21.9 Å². The van der Waals surface area contributed by atoms with E-state index in [1.165, 1.54) is 16.3 Å². The Kier molecular flexibility index (Phi) is 10.8. The highest BCUT2D eigenvalue weighted by atomic mass is 16.7. The van der Waals surface area contributed by atoms with Crippen molar-refractivity contribution in [2.24, 2.45) is 0 Å². The summed E-state index contributed by atoms with van der Waals surface area (Å²) < 4.78 is 13.3. The lowest BCUT2D eigenvalue weighted by molar-refractivity contribution is -0.253. The fourth-order valence-electron chi connectivity index (χ4n) is 6.41. The number of fused-ring (bicyclic) bond motifs is 1. The lowest BCUT2D eigenvalue weighted by Gasteiger charge is -2.39. The van der Waals surface area contributed by atoms with Gasteiger partial charge in [0.05, 0.1) is 18.8 Å². The van der Waals surface area contributed by atoms with Gasteiger partial charge in [-0.05, 0) is 71.1 Å². The molecule has 1 saturated heterocycles. The normalized spacial score (nSPS) is 18.5. The van der Waals surface area contributed by atoms with Gasteiger partial charge in [0, 0.05) is 37.7 Å². The quantitative estimate of drug-likeness (QED) is 0.136. The molecule has 0 bridgehead atoms. The second-order valence-electron chi connectivity index (χ2n) is 12.6. The highest BCUT2D eigenvalue weighted by Crippen LogP contribution is 2.39. The molecule has 0 saturated carbocycles. The molecule has 3 N–H and O–H groups in total. The smallest absolute Gasteiger partial charge is 0.315 e. The summed E-state index contributed by atoms with van der Waals surface area (Å²) in [6.07, 6.45) is -0.0562. The minimum atomic E-state index is -0.542. The second kappa shape index (κ2) is 15.6. The van der Waals surface area contributed by atoms with Gasteiger partial charge in [0.25, 0.3) is 0 Å². The Morgan fingerprint density at radius 1 is 0.854 bits per heavy atom. The summed E-state index contributed by atoms with van der Waals surface area (Å²) in [4.78, 5) is 14.4. The summed E-state index contributed by atoms with van der Waals surface area (Å²) in [7, 11) is 2.16. The van der Waals surface area contributed by atoms with E-state index in [2.05, 4.69) is 102 Å². The standard InChI is InChI=1S/C41H45N3O4/c1-4-42-41(46)43-25-36-11-7-8-12-38(36)31-18-20-33(21-19-31)40-47-37(24-39(48-40)32-15-13-29(27-45)14-16-32)26-44(3)28(2)34-22-17-30-9-5-6-10-35(30)23-34/h5-23,28,37,39-40,45H,4,24-27H2,1-3H3,(H2,42,43,46)/t28-,37+,39-,40-/m1/s1. The molecule has 0 unspecified atom stereocenters. The number of hydrogen-bond donors (Lipinski definition) is 3. The minimum Gasteiger partial charge on any atom is -0.392 e. The third-order valence-electron chi connectivity index (χ3n) is 9.31. The zero-order valence-corrected chi connectivity index (χ0v) is 27.9. The number of benzene rings is 5. The van der Waals surface area contributed by atoms with Gasteiger partial charge in [0.1, 0.15) is 0 Å². The third kappa shape index (κ3) is 7.94. The molecular weight excluding hydrogens is 598 g/mol. The third-order valence-corrected chi connectivity index (χ3v) is 9.31. The van der Waals surface area contributed by atoms with Crippen LogP contribution in [0.3, 0.4) is 0 Å². The molecule has 7 heteroatoms. The SMILES string of the molecule is CCNC(=O)NCc1ccccc1-c1ccc([C@@H]2O[C@H](CN(C)[C@H](C)c3ccc4ccccc4c3)C[C@H](c3ccc(CO)cc3)O2)cc1. The van der Waals surface area contributed by atoms with Crippen molar-refractivity contribution in [1.82, 2.24) is 15.5 Å². The van der Waals surface area contributed by atoms with Crippen molar-refractivity contribution in [3.05, 3.63) is 143 Å². The van der Waals surface area contributed by atoms with Gasteiger partial charge in [-0.2, -0.15) is 0 Å². The van der Waals surface area contributed by atoms with Crippen molar-refractivity contribution in [3.63, 3.8) is 0 Å². The van der Waals surface area contributed by atoms with E-state index < -0.39 is 6.29 Å². The van der Waals surface area contributed by atoms with E-state index in [0.717, 1.165) is 39.9 Å². The molecule has 6 rings (SSSR count). The molecule has 5 aromatic rings. The lowest BCUT2D eigenvalue weighted by Crippen LogP contribution is -2.38. The summed E-state index contributed by atoms with van der Waals surface area (Å²) >= 11 is 0. The van der Waals surface area contributed by atoms with E-state index in [9.17, 15) is 9.90 Å². The highest BCUT2D eigenvalue weighted by molar-refractivity contribution is 5.83. The topological polar surface area (TPSA) is 83.1 Å². The van der Waals surface area contributed by atoms with Crippen LogP contribution in [-0.2, 0) is 22.6 Å². The maximum absolute atomic E-state index is 12.0. The molecule has 0 spiro atoms. The number of nitrogens with zero attached hydrogens (tertiary/aromatic N) is 1. The van der Waals surface area contributed by atoms with Crippen LogP contribution in [0.2, 0.25) is 0 Å². The Hall–Kier alpha value is -4.53. The van der Waals surface area contributed by atoms with Crippen LogP contribution in [0, 0.1) is 0 Å². The van der Waals surface area contributed by atoms with Gasteiger partial charge in [0.15, 0.2) is 6.29 Å². The molecular formula is C41H45N3O4. The number of ether oxygens (including phenoxy) is 2. The molecule has 1 fully saturated rings. The zero-order chi connectivity index (χ0) is 33.5. The van der Waals surface area contributed by atoms with Gasteiger partial charge in [0.2, 0.25) is 0 Å². The number of carbonyl (C=O) groups excluding carboxylic acids is 1.